The molecular weight excluding hydrogens is 228 g/mol. The Hall–Kier alpha value is -0.390. The third-order valence-corrected chi connectivity index (χ3v) is 2.82. The third kappa shape index (κ3) is 2.06. The van der Waals surface area contributed by atoms with Gasteiger partial charge in [-0.05, 0) is 0 Å². The van der Waals surface area contributed by atoms with Crippen molar-refractivity contribution >= 4 is 31.3 Å². The van der Waals surface area contributed by atoms with Crippen LogP contribution >= 0.6 is 22.3 Å². The minimum atomic E-state index is -3.94. The Morgan fingerprint density at radius 2 is 2.08 bits per heavy atom. The molecule has 0 aromatic carbocycles. The fraction of sp³-hybridized carbons (Fsp3) is 0. The summed E-state index contributed by atoms with van der Waals surface area (Å²) in [6, 6.07) is 0.775. The molecule has 66 valence electrons. The summed E-state index contributed by atoms with van der Waals surface area (Å²) in [5, 5.41) is -0.280. The Morgan fingerprint density at radius 3 is 2.50 bits per heavy atom. The van der Waals surface area contributed by atoms with Gasteiger partial charge in [0.2, 0.25) is 5.95 Å². The Balaban J connectivity index is 3.39. The summed E-state index contributed by atoms with van der Waals surface area (Å²) in [5.74, 6) is -0.857. The highest BCUT2D eigenvalue weighted by Crippen LogP contribution is 2.23. The van der Waals surface area contributed by atoms with Crippen molar-refractivity contribution in [3.05, 3.63) is 23.2 Å². The molecule has 0 saturated heterocycles. The zero-order valence-electron chi connectivity index (χ0n) is 5.46. The van der Waals surface area contributed by atoms with Crippen LogP contribution in [0, 0.1) is 5.95 Å². The molecule has 0 aliphatic carbocycles. The van der Waals surface area contributed by atoms with Crippen LogP contribution in [0.5, 0.6) is 0 Å². The smallest absolute Gasteiger partial charge is 0.227 e. The largest absolute Gasteiger partial charge is 0.264 e. The van der Waals surface area contributed by atoms with Gasteiger partial charge in [-0.2, -0.15) is 4.39 Å². The lowest BCUT2D eigenvalue weighted by atomic mass is 10.5. The summed E-state index contributed by atoms with van der Waals surface area (Å²) in [7, 11) is 1.00. The SMILES string of the molecule is O=S(=O)(Cl)c1cnc(F)cc1Cl. The number of rotatable bonds is 1. The lowest BCUT2D eigenvalue weighted by Crippen LogP contribution is -1.94. The van der Waals surface area contributed by atoms with Gasteiger partial charge in [0, 0.05) is 16.7 Å². The predicted octanol–water partition coefficient (Wildman–Crippen LogP) is 1.80. The van der Waals surface area contributed by atoms with Crippen LogP contribution in [0.2, 0.25) is 5.02 Å². The summed E-state index contributed by atoms with van der Waals surface area (Å²) in [6.07, 6.45) is 0.764. The molecule has 0 N–H and O–H groups in total. The molecule has 7 heteroatoms. The number of hydrogen-bond acceptors (Lipinski definition) is 3. The quantitative estimate of drug-likeness (QED) is 0.545. The molecule has 3 nitrogen and oxygen atoms in total. The van der Waals surface area contributed by atoms with Gasteiger partial charge in [0.15, 0.2) is 0 Å². The van der Waals surface area contributed by atoms with E-state index in [-0.39, 0.29) is 5.02 Å². The number of aromatic nitrogens is 1. The first-order valence-corrected chi connectivity index (χ1v) is 5.35. The standard InChI is InChI=1S/C5H2Cl2FNO2S/c6-3-1-5(8)9-2-4(3)12(7,10)11/h1-2H. The van der Waals surface area contributed by atoms with E-state index >= 15 is 0 Å². The summed E-state index contributed by atoms with van der Waals surface area (Å²) < 4.78 is 33.7. The van der Waals surface area contributed by atoms with Gasteiger partial charge < -0.3 is 0 Å². The van der Waals surface area contributed by atoms with E-state index in [1.165, 1.54) is 0 Å². The molecule has 0 unspecified atom stereocenters. The van der Waals surface area contributed by atoms with E-state index in [1.54, 1.807) is 0 Å². The fourth-order valence-corrected chi connectivity index (χ4v) is 1.98. The van der Waals surface area contributed by atoms with Crippen molar-refractivity contribution in [3.8, 4) is 0 Å². The molecule has 1 aromatic rings. The van der Waals surface area contributed by atoms with Crippen LogP contribution in [-0.4, -0.2) is 13.4 Å². The Morgan fingerprint density at radius 1 is 1.50 bits per heavy atom. The average Bonchev–Trinajstić information content (AvgIpc) is 1.83. The zero-order chi connectivity index (χ0) is 9.35. The minimum absolute atomic E-state index is 0.280. The number of pyridine rings is 1. The molecule has 0 aliphatic heterocycles. The lowest BCUT2D eigenvalue weighted by Gasteiger charge is -1.97. The molecular formula is C5H2Cl2FNO2S. The molecule has 1 aromatic heterocycles. The first-order chi connectivity index (χ1) is 5.41. The number of halogens is 3. The first-order valence-electron chi connectivity index (χ1n) is 2.67. The highest BCUT2D eigenvalue weighted by molar-refractivity contribution is 8.13. The van der Waals surface area contributed by atoms with Crippen molar-refractivity contribution in [1.29, 1.82) is 0 Å². The van der Waals surface area contributed by atoms with Gasteiger partial charge >= 0.3 is 0 Å². The van der Waals surface area contributed by atoms with Crippen LogP contribution in [-0.2, 0) is 9.05 Å². The Kier molecular flexibility index (Phi) is 2.55. The maximum Gasteiger partial charge on any atom is 0.264 e. The average molecular weight is 230 g/mol. The van der Waals surface area contributed by atoms with Gasteiger partial charge in [-0.15, -0.1) is 0 Å². The zero-order valence-corrected chi connectivity index (χ0v) is 7.79. The van der Waals surface area contributed by atoms with Crippen LogP contribution < -0.4 is 0 Å². The Labute approximate surface area is 77.6 Å². The van der Waals surface area contributed by atoms with Crippen LogP contribution in [0.1, 0.15) is 0 Å². The monoisotopic (exact) mass is 229 g/mol. The van der Waals surface area contributed by atoms with Crippen molar-refractivity contribution in [2.24, 2.45) is 0 Å². The van der Waals surface area contributed by atoms with Gasteiger partial charge in [-0.1, -0.05) is 11.6 Å². The highest BCUT2D eigenvalue weighted by atomic mass is 35.7. The van der Waals surface area contributed by atoms with E-state index in [4.69, 9.17) is 22.3 Å². The van der Waals surface area contributed by atoms with Crippen molar-refractivity contribution < 1.29 is 12.8 Å². The molecule has 0 atom stereocenters. The van der Waals surface area contributed by atoms with Gasteiger partial charge in [0.1, 0.15) is 4.90 Å². The number of nitrogens with zero attached hydrogens (tertiary/aromatic N) is 1. The predicted molar refractivity (Wildman–Crippen MR) is 42.2 cm³/mol. The number of hydrogen-bond donors (Lipinski definition) is 0. The van der Waals surface area contributed by atoms with E-state index in [9.17, 15) is 12.8 Å². The molecule has 0 spiro atoms. The summed E-state index contributed by atoms with van der Waals surface area (Å²) >= 11 is 5.37. The minimum Gasteiger partial charge on any atom is -0.227 e. The van der Waals surface area contributed by atoms with Crippen molar-refractivity contribution in [2.45, 2.75) is 4.90 Å². The van der Waals surface area contributed by atoms with Gasteiger partial charge in [0.25, 0.3) is 9.05 Å². The molecule has 0 fully saturated rings. The molecule has 1 rings (SSSR count). The highest BCUT2D eigenvalue weighted by Gasteiger charge is 2.15. The molecule has 0 radical (unpaired) electrons. The molecule has 12 heavy (non-hydrogen) atoms. The topological polar surface area (TPSA) is 47.0 Å². The van der Waals surface area contributed by atoms with Crippen molar-refractivity contribution in [3.63, 3.8) is 0 Å². The van der Waals surface area contributed by atoms with Crippen molar-refractivity contribution in [1.82, 2.24) is 4.98 Å². The second-order valence-electron chi connectivity index (χ2n) is 1.88. The second-order valence-corrected chi connectivity index (χ2v) is 4.82. The van der Waals surface area contributed by atoms with Crippen LogP contribution in [0.25, 0.3) is 0 Å². The van der Waals surface area contributed by atoms with Crippen molar-refractivity contribution in [2.75, 3.05) is 0 Å². The van der Waals surface area contributed by atoms with Gasteiger partial charge in [-0.25, -0.2) is 13.4 Å². The Bertz CT molecular complexity index is 406. The first kappa shape index (κ1) is 9.70. The summed E-state index contributed by atoms with van der Waals surface area (Å²) in [4.78, 5) is 2.70. The van der Waals surface area contributed by atoms with Gasteiger partial charge in [0.05, 0.1) is 11.2 Å². The van der Waals surface area contributed by atoms with E-state index in [0.29, 0.717) is 0 Å². The molecule has 0 saturated carbocycles. The lowest BCUT2D eigenvalue weighted by molar-refractivity contribution is 0.578. The molecule has 0 amide bonds. The maximum atomic E-state index is 12.3. The van der Waals surface area contributed by atoms with E-state index < -0.39 is 19.9 Å². The molecule has 0 aliphatic rings. The normalized spacial score (nSPS) is 11.6. The third-order valence-electron chi connectivity index (χ3n) is 1.05. The molecule has 0 bridgehead atoms. The van der Waals surface area contributed by atoms with E-state index in [0.717, 1.165) is 12.3 Å². The van der Waals surface area contributed by atoms with E-state index in [2.05, 4.69) is 4.98 Å². The molecule has 1 heterocycles. The van der Waals surface area contributed by atoms with Gasteiger partial charge in [-0.3, -0.25) is 0 Å². The van der Waals surface area contributed by atoms with Crippen LogP contribution in [0.4, 0.5) is 4.39 Å². The summed E-state index contributed by atoms with van der Waals surface area (Å²) in [5.41, 5.74) is 0. The van der Waals surface area contributed by atoms with Crippen LogP contribution in [0.3, 0.4) is 0 Å². The second kappa shape index (κ2) is 3.16. The fourth-order valence-electron chi connectivity index (χ4n) is 0.574. The summed E-state index contributed by atoms with van der Waals surface area (Å²) in [6.45, 7) is 0. The maximum absolute atomic E-state index is 12.3. The van der Waals surface area contributed by atoms with Crippen LogP contribution in [0.15, 0.2) is 17.2 Å². The van der Waals surface area contributed by atoms with E-state index in [1.807, 2.05) is 0 Å².